The van der Waals surface area contributed by atoms with Crippen molar-refractivity contribution in [2.75, 3.05) is 33.2 Å². The highest BCUT2D eigenvalue weighted by Crippen LogP contribution is 2.07. The lowest BCUT2D eigenvalue weighted by Crippen LogP contribution is -2.39. The van der Waals surface area contributed by atoms with Crippen LogP contribution in [0.4, 0.5) is 0 Å². The Morgan fingerprint density at radius 1 is 1.30 bits per heavy atom. The molecule has 0 aliphatic heterocycles. The summed E-state index contributed by atoms with van der Waals surface area (Å²) in [5.74, 6) is 1.15. The summed E-state index contributed by atoms with van der Waals surface area (Å²) in [4.78, 5) is 18.6. The van der Waals surface area contributed by atoms with Crippen LogP contribution in [-0.4, -0.2) is 50.0 Å². The quantitative estimate of drug-likeness (QED) is 0.416. The number of guanidine groups is 1. The molecule has 23 heavy (non-hydrogen) atoms. The van der Waals surface area contributed by atoms with Crippen molar-refractivity contribution in [1.29, 1.82) is 0 Å². The van der Waals surface area contributed by atoms with Crippen LogP contribution in [0.5, 0.6) is 0 Å². The number of aryl methyl sites for hydroxylation is 1. The Bertz CT molecular complexity index is 497. The Hall–Kier alpha value is -1.98. The van der Waals surface area contributed by atoms with E-state index in [4.69, 9.17) is 4.42 Å². The maximum atomic E-state index is 11.9. The molecule has 0 atom stereocenters. The minimum absolute atomic E-state index is 0.163. The Balaban J connectivity index is 2.34. The number of hydrogen-bond acceptors (Lipinski definition) is 3. The van der Waals surface area contributed by atoms with Gasteiger partial charge in [-0.25, -0.2) is 0 Å². The minimum atomic E-state index is -0.163. The van der Waals surface area contributed by atoms with Crippen molar-refractivity contribution in [1.82, 2.24) is 15.5 Å². The number of carbonyl (C=O) groups is 1. The van der Waals surface area contributed by atoms with Gasteiger partial charge < -0.3 is 20.0 Å². The third-order valence-corrected chi connectivity index (χ3v) is 3.49. The largest absolute Gasteiger partial charge is 0.459 e. The number of hydrogen-bond donors (Lipinski definition) is 2. The summed E-state index contributed by atoms with van der Waals surface area (Å²) in [6.07, 6.45) is 4.65. The lowest BCUT2D eigenvalue weighted by molar-refractivity contribution is 0.0925. The van der Waals surface area contributed by atoms with Gasteiger partial charge in [-0.3, -0.25) is 9.79 Å². The van der Waals surface area contributed by atoms with E-state index in [0.29, 0.717) is 18.8 Å². The second-order valence-corrected chi connectivity index (χ2v) is 5.55. The first-order chi connectivity index (χ1) is 11.1. The van der Waals surface area contributed by atoms with Crippen molar-refractivity contribution in [3.63, 3.8) is 0 Å². The number of unbranched alkanes of at least 4 members (excludes halogenated alkanes) is 1. The van der Waals surface area contributed by atoms with E-state index >= 15 is 0 Å². The zero-order valence-electron chi connectivity index (χ0n) is 14.8. The van der Waals surface area contributed by atoms with E-state index in [1.807, 2.05) is 6.92 Å². The van der Waals surface area contributed by atoms with Crippen LogP contribution in [-0.2, 0) is 0 Å². The number of rotatable bonds is 9. The molecule has 1 aromatic rings. The third kappa shape index (κ3) is 6.76. The number of carbonyl (C=O) groups excluding carboxylic acids is 1. The van der Waals surface area contributed by atoms with Gasteiger partial charge >= 0.3 is 0 Å². The number of amides is 1. The maximum Gasteiger partial charge on any atom is 0.287 e. The van der Waals surface area contributed by atoms with Gasteiger partial charge in [0.1, 0.15) is 0 Å². The predicted octanol–water partition coefficient (Wildman–Crippen LogP) is 2.41. The average Bonchev–Trinajstić information content (AvgIpc) is 2.97. The summed E-state index contributed by atoms with van der Waals surface area (Å²) in [5.41, 5.74) is 0.854. The summed E-state index contributed by atoms with van der Waals surface area (Å²) in [5, 5.41) is 6.15. The summed E-state index contributed by atoms with van der Waals surface area (Å²) in [6, 6.07) is 1.79. The van der Waals surface area contributed by atoms with Crippen molar-refractivity contribution in [3.8, 4) is 0 Å². The van der Waals surface area contributed by atoms with E-state index in [9.17, 15) is 4.79 Å². The fourth-order valence-electron chi connectivity index (χ4n) is 2.12. The molecular weight excluding hydrogens is 292 g/mol. The molecule has 1 rings (SSSR count). The number of nitrogens with one attached hydrogen (secondary N) is 2. The third-order valence-electron chi connectivity index (χ3n) is 3.49. The van der Waals surface area contributed by atoms with Crippen LogP contribution in [0.25, 0.3) is 0 Å². The topological polar surface area (TPSA) is 69.9 Å². The Kier molecular flexibility index (Phi) is 8.87. The fourth-order valence-corrected chi connectivity index (χ4v) is 2.12. The van der Waals surface area contributed by atoms with Crippen LogP contribution in [0.15, 0.2) is 21.7 Å². The Labute approximate surface area is 139 Å². The van der Waals surface area contributed by atoms with Crippen LogP contribution in [0.1, 0.15) is 49.2 Å². The molecular formula is C17H30N4O2. The predicted molar refractivity (Wildman–Crippen MR) is 93.9 cm³/mol. The van der Waals surface area contributed by atoms with Crippen LogP contribution >= 0.6 is 0 Å². The second kappa shape index (κ2) is 10.7. The summed E-state index contributed by atoms with van der Waals surface area (Å²) < 4.78 is 5.17. The molecule has 1 aromatic heterocycles. The second-order valence-electron chi connectivity index (χ2n) is 5.55. The number of nitrogens with zero attached hydrogens (tertiary/aromatic N) is 2. The standard InChI is InChI=1S/C17H30N4O2/c1-5-7-12-21(4)17(18-6-2)20-11-8-10-19-16(22)15-14(3)9-13-23-15/h9,13H,5-8,10-12H2,1-4H3,(H,18,20)(H,19,22). The molecule has 0 fully saturated rings. The van der Waals surface area contributed by atoms with Crippen LogP contribution < -0.4 is 10.6 Å². The first-order valence-electron chi connectivity index (χ1n) is 8.41. The van der Waals surface area contributed by atoms with Crippen LogP contribution in [0.3, 0.4) is 0 Å². The lowest BCUT2D eigenvalue weighted by Gasteiger charge is -2.21. The highest BCUT2D eigenvalue weighted by atomic mass is 16.3. The molecule has 6 heteroatoms. The van der Waals surface area contributed by atoms with E-state index in [0.717, 1.165) is 37.5 Å². The Morgan fingerprint density at radius 3 is 2.70 bits per heavy atom. The molecule has 0 spiro atoms. The van der Waals surface area contributed by atoms with Crippen molar-refractivity contribution in [2.24, 2.45) is 4.99 Å². The van der Waals surface area contributed by atoms with Crippen molar-refractivity contribution in [2.45, 2.75) is 40.0 Å². The van der Waals surface area contributed by atoms with Gasteiger partial charge in [0.25, 0.3) is 5.91 Å². The normalized spacial score (nSPS) is 11.4. The molecule has 1 heterocycles. The van der Waals surface area contributed by atoms with E-state index in [1.165, 1.54) is 12.7 Å². The smallest absolute Gasteiger partial charge is 0.287 e. The SMILES string of the molecule is CCCCN(C)C(=NCCCNC(=O)c1occc1C)NCC. The molecule has 2 N–H and O–H groups in total. The number of furan rings is 1. The first kappa shape index (κ1) is 19.1. The molecule has 6 nitrogen and oxygen atoms in total. The van der Waals surface area contributed by atoms with Crippen molar-refractivity contribution < 1.29 is 9.21 Å². The minimum Gasteiger partial charge on any atom is -0.459 e. The van der Waals surface area contributed by atoms with Crippen LogP contribution in [0, 0.1) is 6.92 Å². The average molecular weight is 322 g/mol. The molecule has 0 aliphatic carbocycles. The summed E-state index contributed by atoms with van der Waals surface area (Å²) in [7, 11) is 2.05. The molecule has 0 radical (unpaired) electrons. The summed E-state index contributed by atoms with van der Waals surface area (Å²) >= 11 is 0. The highest BCUT2D eigenvalue weighted by Gasteiger charge is 2.11. The maximum absolute atomic E-state index is 11.9. The molecule has 0 bridgehead atoms. The first-order valence-corrected chi connectivity index (χ1v) is 8.41. The molecule has 0 saturated carbocycles. The van der Waals surface area contributed by atoms with E-state index in [2.05, 4.69) is 41.4 Å². The van der Waals surface area contributed by atoms with E-state index in [1.54, 1.807) is 6.07 Å². The number of aliphatic imine (C=N–C) groups is 1. The fraction of sp³-hybridized carbons (Fsp3) is 0.647. The van der Waals surface area contributed by atoms with E-state index < -0.39 is 0 Å². The van der Waals surface area contributed by atoms with Gasteiger partial charge in [0.2, 0.25) is 0 Å². The van der Waals surface area contributed by atoms with Crippen molar-refractivity contribution >= 4 is 11.9 Å². The molecule has 0 aliphatic rings. The Morgan fingerprint density at radius 2 is 2.09 bits per heavy atom. The molecule has 0 saturated heterocycles. The van der Waals surface area contributed by atoms with Gasteiger partial charge in [-0.2, -0.15) is 0 Å². The summed E-state index contributed by atoms with van der Waals surface area (Å²) in [6.45, 7) is 9.21. The van der Waals surface area contributed by atoms with E-state index in [-0.39, 0.29) is 5.91 Å². The monoisotopic (exact) mass is 322 g/mol. The molecule has 130 valence electrons. The van der Waals surface area contributed by atoms with Gasteiger partial charge in [-0.15, -0.1) is 0 Å². The molecule has 0 aromatic carbocycles. The zero-order chi connectivity index (χ0) is 17.1. The molecule has 1 amide bonds. The van der Waals surface area contributed by atoms with Crippen molar-refractivity contribution in [3.05, 3.63) is 23.7 Å². The highest BCUT2D eigenvalue weighted by molar-refractivity contribution is 5.92. The van der Waals surface area contributed by atoms with Crippen LogP contribution in [0.2, 0.25) is 0 Å². The van der Waals surface area contributed by atoms with Gasteiger partial charge in [0.15, 0.2) is 11.7 Å². The van der Waals surface area contributed by atoms with Gasteiger partial charge in [-0.05, 0) is 32.8 Å². The lowest BCUT2D eigenvalue weighted by atomic mass is 10.2. The molecule has 0 unspecified atom stereocenters. The van der Waals surface area contributed by atoms with Gasteiger partial charge in [0.05, 0.1) is 6.26 Å². The van der Waals surface area contributed by atoms with Gasteiger partial charge in [-0.1, -0.05) is 13.3 Å². The van der Waals surface area contributed by atoms with Gasteiger partial charge in [0, 0.05) is 38.8 Å². The zero-order valence-corrected chi connectivity index (χ0v) is 14.8.